The summed E-state index contributed by atoms with van der Waals surface area (Å²) < 4.78 is 23.8. The van der Waals surface area contributed by atoms with Crippen LogP contribution in [0.25, 0.3) is 6.08 Å². The van der Waals surface area contributed by atoms with Gasteiger partial charge in [0.15, 0.2) is 6.79 Å². The van der Waals surface area contributed by atoms with Crippen molar-refractivity contribution in [1.82, 2.24) is 5.32 Å². The summed E-state index contributed by atoms with van der Waals surface area (Å²) in [6.07, 6.45) is 4.43. The Balaban J connectivity index is 2.19. The largest absolute Gasteiger partial charge is 0.467 e. The highest BCUT2D eigenvalue weighted by atomic mass is 19.1. The van der Waals surface area contributed by atoms with E-state index in [0.717, 1.165) is 0 Å². The van der Waals surface area contributed by atoms with Gasteiger partial charge in [-0.1, -0.05) is 6.08 Å². The van der Waals surface area contributed by atoms with Crippen LogP contribution in [0.4, 0.5) is 4.39 Å². The molecule has 0 saturated heterocycles. The van der Waals surface area contributed by atoms with Crippen LogP contribution in [0.3, 0.4) is 0 Å². The number of carbonyl (C=O) groups excluding carboxylic acids is 1. The van der Waals surface area contributed by atoms with Crippen molar-refractivity contribution < 1.29 is 18.7 Å². The third-order valence-corrected chi connectivity index (χ3v) is 2.54. The lowest BCUT2D eigenvalue weighted by atomic mass is 10.1. The maximum absolute atomic E-state index is 13.4. The summed E-state index contributed by atoms with van der Waals surface area (Å²) >= 11 is 0. The molecule has 0 aromatic heterocycles. The number of hydrogen-bond acceptors (Lipinski definition) is 3. The highest BCUT2D eigenvalue weighted by molar-refractivity contribution is 5.92. The average molecular weight is 263 g/mol. The SMILES string of the molecule is C=CCNC(=O)/C=C/c1cc(F)cc2c1OCOC2. The van der Waals surface area contributed by atoms with Gasteiger partial charge in [-0.25, -0.2) is 4.39 Å². The molecule has 5 heteroatoms. The number of ether oxygens (including phenoxy) is 2. The number of halogens is 1. The van der Waals surface area contributed by atoms with Gasteiger partial charge in [-0.05, 0) is 18.2 Å². The highest BCUT2D eigenvalue weighted by Gasteiger charge is 2.15. The van der Waals surface area contributed by atoms with Crippen LogP contribution in [0.5, 0.6) is 5.75 Å². The van der Waals surface area contributed by atoms with Gasteiger partial charge in [0, 0.05) is 23.7 Å². The lowest BCUT2D eigenvalue weighted by molar-refractivity contribution is -0.116. The first-order chi connectivity index (χ1) is 9.20. The van der Waals surface area contributed by atoms with Gasteiger partial charge < -0.3 is 14.8 Å². The zero-order chi connectivity index (χ0) is 13.7. The predicted molar refractivity (Wildman–Crippen MR) is 68.9 cm³/mol. The summed E-state index contributed by atoms with van der Waals surface area (Å²) in [6, 6.07) is 2.69. The fourth-order valence-electron chi connectivity index (χ4n) is 1.73. The van der Waals surface area contributed by atoms with Crippen molar-refractivity contribution in [3.8, 4) is 5.75 Å². The Kier molecular flexibility index (Phi) is 4.30. The van der Waals surface area contributed by atoms with Gasteiger partial charge in [0.1, 0.15) is 11.6 Å². The van der Waals surface area contributed by atoms with Crippen LogP contribution in [0, 0.1) is 5.82 Å². The van der Waals surface area contributed by atoms with Gasteiger partial charge in [-0.3, -0.25) is 4.79 Å². The summed E-state index contributed by atoms with van der Waals surface area (Å²) in [5.74, 6) is -0.107. The van der Waals surface area contributed by atoms with Crippen LogP contribution in [0.2, 0.25) is 0 Å². The summed E-state index contributed by atoms with van der Waals surface area (Å²) in [5, 5.41) is 2.59. The van der Waals surface area contributed by atoms with Crippen LogP contribution in [-0.2, 0) is 16.1 Å². The molecule has 2 rings (SSSR count). The monoisotopic (exact) mass is 263 g/mol. The molecule has 0 spiro atoms. The minimum absolute atomic E-state index is 0.127. The maximum Gasteiger partial charge on any atom is 0.244 e. The van der Waals surface area contributed by atoms with Crippen LogP contribution in [0.15, 0.2) is 30.9 Å². The van der Waals surface area contributed by atoms with Gasteiger partial charge in [0.2, 0.25) is 5.91 Å². The fourth-order valence-corrected chi connectivity index (χ4v) is 1.73. The minimum atomic E-state index is -0.390. The van der Waals surface area contributed by atoms with Crippen LogP contribution >= 0.6 is 0 Å². The molecule has 0 radical (unpaired) electrons. The van der Waals surface area contributed by atoms with E-state index in [0.29, 0.717) is 30.0 Å². The zero-order valence-electron chi connectivity index (χ0n) is 10.3. The fraction of sp³-hybridized carbons (Fsp3) is 0.214. The molecule has 1 N–H and O–H groups in total. The molecule has 0 saturated carbocycles. The van der Waals surface area contributed by atoms with E-state index in [9.17, 15) is 9.18 Å². The van der Waals surface area contributed by atoms with E-state index in [1.807, 2.05) is 0 Å². The first kappa shape index (κ1) is 13.3. The molecule has 0 unspecified atom stereocenters. The van der Waals surface area contributed by atoms with E-state index in [1.54, 1.807) is 6.08 Å². The second kappa shape index (κ2) is 6.15. The molecule has 0 bridgehead atoms. The molecule has 1 aliphatic rings. The topological polar surface area (TPSA) is 47.6 Å². The van der Waals surface area contributed by atoms with Crippen molar-refractivity contribution in [3.63, 3.8) is 0 Å². The van der Waals surface area contributed by atoms with Crippen molar-refractivity contribution in [3.05, 3.63) is 47.8 Å². The van der Waals surface area contributed by atoms with Crippen molar-refractivity contribution in [1.29, 1.82) is 0 Å². The summed E-state index contributed by atoms with van der Waals surface area (Å²) in [5.41, 5.74) is 1.16. The number of nitrogens with one attached hydrogen (secondary N) is 1. The quantitative estimate of drug-likeness (QED) is 0.667. The normalized spacial score (nSPS) is 13.7. The van der Waals surface area contributed by atoms with E-state index in [-0.39, 0.29) is 18.5 Å². The predicted octanol–water partition coefficient (Wildman–Crippen LogP) is 2.01. The number of fused-ring (bicyclic) bond motifs is 1. The van der Waals surface area contributed by atoms with Gasteiger partial charge in [-0.15, -0.1) is 6.58 Å². The molecule has 0 fully saturated rings. The number of carbonyl (C=O) groups is 1. The first-order valence-electron chi connectivity index (χ1n) is 5.80. The Morgan fingerprint density at radius 2 is 2.37 bits per heavy atom. The molecule has 1 aliphatic heterocycles. The maximum atomic E-state index is 13.4. The van der Waals surface area contributed by atoms with Gasteiger partial charge >= 0.3 is 0 Å². The number of hydrogen-bond donors (Lipinski definition) is 1. The first-order valence-corrected chi connectivity index (χ1v) is 5.80. The van der Waals surface area contributed by atoms with Crippen LogP contribution in [0.1, 0.15) is 11.1 Å². The second-order valence-corrected chi connectivity index (χ2v) is 3.96. The van der Waals surface area contributed by atoms with Crippen molar-refractivity contribution in [2.24, 2.45) is 0 Å². The van der Waals surface area contributed by atoms with E-state index >= 15 is 0 Å². The minimum Gasteiger partial charge on any atom is -0.467 e. The number of rotatable bonds is 4. The van der Waals surface area contributed by atoms with Crippen molar-refractivity contribution in [2.75, 3.05) is 13.3 Å². The van der Waals surface area contributed by atoms with E-state index in [2.05, 4.69) is 11.9 Å². The van der Waals surface area contributed by atoms with E-state index in [1.165, 1.54) is 24.3 Å². The molecule has 0 atom stereocenters. The summed E-state index contributed by atoms with van der Waals surface area (Å²) in [7, 11) is 0. The summed E-state index contributed by atoms with van der Waals surface area (Å²) in [6.45, 7) is 4.31. The Bertz CT molecular complexity index is 526. The highest BCUT2D eigenvalue weighted by Crippen LogP contribution is 2.30. The molecule has 0 aliphatic carbocycles. The van der Waals surface area contributed by atoms with Gasteiger partial charge in [-0.2, -0.15) is 0 Å². The lowest BCUT2D eigenvalue weighted by Gasteiger charge is -2.19. The average Bonchev–Trinajstić information content (AvgIpc) is 2.42. The molecule has 19 heavy (non-hydrogen) atoms. The summed E-state index contributed by atoms with van der Waals surface area (Å²) in [4.78, 5) is 11.4. The molecule has 100 valence electrons. The third kappa shape index (κ3) is 3.42. The number of amides is 1. The van der Waals surface area contributed by atoms with Crippen molar-refractivity contribution >= 4 is 12.0 Å². The molecule has 1 aromatic carbocycles. The Morgan fingerprint density at radius 3 is 3.16 bits per heavy atom. The second-order valence-electron chi connectivity index (χ2n) is 3.96. The van der Waals surface area contributed by atoms with Gasteiger partial charge in [0.05, 0.1) is 6.61 Å². The standard InChI is InChI=1S/C14H14FNO3/c1-2-5-16-13(17)4-3-10-6-12(15)7-11-8-18-9-19-14(10)11/h2-4,6-7H,1,5,8-9H2,(H,16,17)/b4-3+. The van der Waals surface area contributed by atoms with Crippen LogP contribution in [-0.4, -0.2) is 19.2 Å². The third-order valence-electron chi connectivity index (χ3n) is 2.54. The van der Waals surface area contributed by atoms with Crippen molar-refractivity contribution in [2.45, 2.75) is 6.61 Å². The van der Waals surface area contributed by atoms with Gasteiger partial charge in [0.25, 0.3) is 0 Å². The lowest BCUT2D eigenvalue weighted by Crippen LogP contribution is -2.20. The smallest absolute Gasteiger partial charge is 0.244 e. The molecular formula is C14H14FNO3. The van der Waals surface area contributed by atoms with E-state index in [4.69, 9.17) is 9.47 Å². The Labute approximate surface area is 110 Å². The van der Waals surface area contributed by atoms with Crippen LogP contribution < -0.4 is 10.1 Å². The van der Waals surface area contributed by atoms with E-state index < -0.39 is 0 Å². The molecular weight excluding hydrogens is 249 g/mol. The Hall–Kier alpha value is -2.14. The number of benzene rings is 1. The zero-order valence-corrected chi connectivity index (χ0v) is 10.3. The Morgan fingerprint density at radius 1 is 1.53 bits per heavy atom. The molecule has 4 nitrogen and oxygen atoms in total. The molecule has 1 aromatic rings. The molecule has 1 heterocycles. The molecule has 1 amide bonds.